The number of hydrogen-bond acceptors (Lipinski definition) is 2. The molecule has 2 aromatic rings. The second-order valence-electron chi connectivity index (χ2n) is 4.34. The predicted molar refractivity (Wildman–Crippen MR) is 73.9 cm³/mol. The number of thiophene rings is 1. The van der Waals surface area contributed by atoms with Crippen molar-refractivity contribution < 1.29 is 9.50 Å². The molecule has 0 aliphatic rings. The minimum Gasteiger partial charge on any atom is -0.387 e. The zero-order chi connectivity index (χ0) is 13.3. The second kappa shape index (κ2) is 5.39. The van der Waals surface area contributed by atoms with Gasteiger partial charge in [-0.05, 0) is 49.2 Å². The highest BCUT2D eigenvalue weighted by atomic mass is 35.5. The van der Waals surface area contributed by atoms with E-state index in [2.05, 4.69) is 0 Å². The van der Waals surface area contributed by atoms with Crippen molar-refractivity contribution in [1.82, 2.24) is 0 Å². The minimum atomic E-state index is -0.637. The van der Waals surface area contributed by atoms with Crippen LogP contribution in [0.2, 0.25) is 5.02 Å². The predicted octanol–water partition coefficient (Wildman–Crippen LogP) is 4.43. The summed E-state index contributed by atoms with van der Waals surface area (Å²) in [6, 6.07) is 6.18. The highest BCUT2D eigenvalue weighted by molar-refractivity contribution is 7.12. The molecule has 0 amide bonds. The fraction of sp³-hybridized carbons (Fsp3) is 0.286. The molecule has 0 saturated carbocycles. The maximum Gasteiger partial charge on any atom is 0.123 e. The Balaban J connectivity index is 2.20. The Kier molecular flexibility index (Phi) is 4.05. The molecule has 0 bridgehead atoms. The van der Waals surface area contributed by atoms with Crippen LogP contribution < -0.4 is 0 Å². The third-order valence-corrected chi connectivity index (χ3v) is 4.56. The van der Waals surface area contributed by atoms with Crippen LogP contribution in [0.5, 0.6) is 0 Å². The Bertz CT molecular complexity index is 545. The molecule has 96 valence electrons. The zero-order valence-corrected chi connectivity index (χ0v) is 11.8. The third-order valence-electron chi connectivity index (χ3n) is 2.93. The van der Waals surface area contributed by atoms with Gasteiger partial charge >= 0.3 is 0 Å². The summed E-state index contributed by atoms with van der Waals surface area (Å²) < 4.78 is 13.1. The monoisotopic (exact) mass is 284 g/mol. The highest BCUT2D eigenvalue weighted by Gasteiger charge is 2.14. The van der Waals surface area contributed by atoms with Gasteiger partial charge in [0.15, 0.2) is 0 Å². The van der Waals surface area contributed by atoms with Crippen molar-refractivity contribution in [3.05, 3.63) is 56.0 Å². The van der Waals surface area contributed by atoms with E-state index in [1.165, 1.54) is 28.6 Å². The summed E-state index contributed by atoms with van der Waals surface area (Å²) in [5, 5.41) is 10.6. The van der Waals surface area contributed by atoms with E-state index in [0.29, 0.717) is 17.0 Å². The summed E-state index contributed by atoms with van der Waals surface area (Å²) in [5.74, 6) is -0.333. The van der Waals surface area contributed by atoms with Gasteiger partial charge < -0.3 is 5.11 Å². The van der Waals surface area contributed by atoms with Gasteiger partial charge in [0, 0.05) is 21.2 Å². The van der Waals surface area contributed by atoms with Crippen LogP contribution in [0.3, 0.4) is 0 Å². The number of halogens is 2. The summed E-state index contributed by atoms with van der Waals surface area (Å²) in [4.78, 5) is 2.08. The number of rotatable bonds is 3. The summed E-state index contributed by atoms with van der Waals surface area (Å²) in [5.41, 5.74) is 1.80. The van der Waals surface area contributed by atoms with Gasteiger partial charge in [0.25, 0.3) is 0 Å². The molecule has 18 heavy (non-hydrogen) atoms. The molecule has 0 fully saturated rings. The van der Waals surface area contributed by atoms with Gasteiger partial charge in [-0.3, -0.25) is 0 Å². The van der Waals surface area contributed by atoms with Crippen molar-refractivity contribution in [2.45, 2.75) is 26.4 Å². The molecule has 1 unspecified atom stereocenters. The van der Waals surface area contributed by atoms with Gasteiger partial charge in [0.1, 0.15) is 5.82 Å². The molecule has 1 N–H and O–H groups in total. The zero-order valence-electron chi connectivity index (χ0n) is 10.2. The SMILES string of the molecule is Cc1cc(C(O)Cc2cc(F)ccc2Cl)sc1C. The molecule has 2 rings (SSSR count). The number of benzene rings is 1. The first-order valence-corrected chi connectivity index (χ1v) is 6.85. The van der Waals surface area contributed by atoms with E-state index in [-0.39, 0.29) is 5.82 Å². The lowest BCUT2D eigenvalue weighted by atomic mass is 10.1. The highest BCUT2D eigenvalue weighted by Crippen LogP contribution is 2.30. The second-order valence-corrected chi connectivity index (χ2v) is 6.04. The van der Waals surface area contributed by atoms with Crippen molar-refractivity contribution in [3.63, 3.8) is 0 Å². The van der Waals surface area contributed by atoms with Crippen LogP contribution in [0, 0.1) is 19.7 Å². The molecule has 1 heterocycles. The molecular weight excluding hydrogens is 271 g/mol. The average molecular weight is 285 g/mol. The van der Waals surface area contributed by atoms with Crippen LogP contribution in [0.4, 0.5) is 4.39 Å². The van der Waals surface area contributed by atoms with E-state index in [1.54, 1.807) is 11.3 Å². The molecular formula is C14H14ClFOS. The maximum atomic E-state index is 13.1. The first-order valence-electron chi connectivity index (χ1n) is 5.66. The topological polar surface area (TPSA) is 20.2 Å². The van der Waals surface area contributed by atoms with Gasteiger partial charge in [0.05, 0.1) is 6.10 Å². The molecule has 1 atom stereocenters. The minimum absolute atomic E-state index is 0.329. The van der Waals surface area contributed by atoms with Crippen LogP contribution in [0.25, 0.3) is 0 Å². The smallest absolute Gasteiger partial charge is 0.123 e. The Morgan fingerprint density at radius 3 is 2.67 bits per heavy atom. The number of aryl methyl sites for hydroxylation is 2. The number of hydrogen-bond donors (Lipinski definition) is 1. The van der Waals surface area contributed by atoms with Crippen LogP contribution in [0.1, 0.15) is 27.0 Å². The van der Waals surface area contributed by atoms with E-state index in [0.717, 1.165) is 4.88 Å². The van der Waals surface area contributed by atoms with Gasteiger partial charge in [-0.2, -0.15) is 0 Å². The van der Waals surface area contributed by atoms with E-state index in [4.69, 9.17) is 11.6 Å². The molecule has 0 spiro atoms. The van der Waals surface area contributed by atoms with E-state index < -0.39 is 6.10 Å². The van der Waals surface area contributed by atoms with Crippen LogP contribution in [-0.2, 0) is 6.42 Å². The van der Waals surface area contributed by atoms with Crippen molar-refractivity contribution >= 4 is 22.9 Å². The standard InChI is InChI=1S/C14H14ClFOS/c1-8-5-14(18-9(8)2)13(17)7-10-6-11(16)3-4-12(10)15/h3-6,13,17H,7H2,1-2H3. The Hall–Kier alpha value is -0.900. The van der Waals surface area contributed by atoms with Crippen LogP contribution in [0.15, 0.2) is 24.3 Å². The lowest BCUT2D eigenvalue weighted by molar-refractivity contribution is 0.182. The van der Waals surface area contributed by atoms with Crippen LogP contribution >= 0.6 is 22.9 Å². The largest absolute Gasteiger partial charge is 0.387 e. The Labute approximate surface area is 115 Å². The lowest BCUT2D eigenvalue weighted by Crippen LogP contribution is -2.00. The summed E-state index contributed by atoms with van der Waals surface area (Å²) in [6.07, 6.45) is -0.308. The first-order chi connectivity index (χ1) is 8.47. The van der Waals surface area contributed by atoms with Gasteiger partial charge in [-0.15, -0.1) is 11.3 Å². The Morgan fingerprint density at radius 1 is 1.33 bits per heavy atom. The van der Waals surface area contributed by atoms with E-state index in [9.17, 15) is 9.50 Å². The van der Waals surface area contributed by atoms with Gasteiger partial charge in [0.2, 0.25) is 0 Å². The average Bonchev–Trinajstić information content (AvgIpc) is 2.64. The van der Waals surface area contributed by atoms with Crippen molar-refractivity contribution in [1.29, 1.82) is 0 Å². The van der Waals surface area contributed by atoms with Crippen molar-refractivity contribution in [3.8, 4) is 0 Å². The van der Waals surface area contributed by atoms with Gasteiger partial charge in [-0.25, -0.2) is 4.39 Å². The van der Waals surface area contributed by atoms with E-state index >= 15 is 0 Å². The van der Waals surface area contributed by atoms with E-state index in [1.807, 2.05) is 19.9 Å². The normalized spacial score (nSPS) is 12.7. The summed E-state index contributed by atoms with van der Waals surface area (Å²) in [6.45, 7) is 4.03. The first kappa shape index (κ1) is 13.5. The number of aliphatic hydroxyl groups excluding tert-OH is 1. The fourth-order valence-electron chi connectivity index (χ4n) is 1.77. The summed E-state index contributed by atoms with van der Waals surface area (Å²) >= 11 is 7.55. The number of aliphatic hydroxyl groups is 1. The third kappa shape index (κ3) is 2.91. The van der Waals surface area contributed by atoms with Crippen molar-refractivity contribution in [2.24, 2.45) is 0 Å². The molecule has 1 nitrogen and oxygen atoms in total. The summed E-state index contributed by atoms with van der Waals surface area (Å²) in [7, 11) is 0. The molecule has 1 aromatic heterocycles. The molecule has 0 aliphatic carbocycles. The van der Waals surface area contributed by atoms with Crippen LogP contribution in [-0.4, -0.2) is 5.11 Å². The fourth-order valence-corrected chi connectivity index (χ4v) is 3.00. The molecule has 4 heteroatoms. The molecule has 1 aromatic carbocycles. The molecule has 0 saturated heterocycles. The molecule has 0 aliphatic heterocycles. The lowest BCUT2D eigenvalue weighted by Gasteiger charge is -2.10. The van der Waals surface area contributed by atoms with Crippen molar-refractivity contribution in [2.75, 3.05) is 0 Å². The molecule has 0 radical (unpaired) electrons. The Morgan fingerprint density at radius 2 is 2.06 bits per heavy atom. The maximum absolute atomic E-state index is 13.1. The quantitative estimate of drug-likeness (QED) is 0.884. The van der Waals surface area contributed by atoms with Gasteiger partial charge in [-0.1, -0.05) is 11.6 Å².